The molecule has 0 saturated heterocycles. The summed E-state index contributed by atoms with van der Waals surface area (Å²) < 4.78 is 0. The Labute approximate surface area is 127 Å². The number of nitrogens with one attached hydrogen (secondary N) is 2. The number of halogens is 1. The summed E-state index contributed by atoms with van der Waals surface area (Å²) in [7, 11) is 0. The number of benzene rings is 1. The van der Waals surface area contributed by atoms with Gasteiger partial charge in [0.25, 0.3) is 0 Å². The average molecular weight is 304 g/mol. The van der Waals surface area contributed by atoms with Crippen LogP contribution in [0.2, 0.25) is 5.15 Å². The molecular formula is C15H14ClN3O2. The van der Waals surface area contributed by atoms with Crippen LogP contribution in [-0.4, -0.2) is 16.8 Å². The number of rotatable bonds is 3. The van der Waals surface area contributed by atoms with E-state index in [9.17, 15) is 9.59 Å². The third kappa shape index (κ3) is 4.03. The van der Waals surface area contributed by atoms with E-state index in [0.29, 0.717) is 22.1 Å². The van der Waals surface area contributed by atoms with Crippen molar-refractivity contribution < 1.29 is 9.59 Å². The molecule has 0 spiro atoms. The molecule has 0 bridgehead atoms. The Kier molecular flexibility index (Phi) is 4.55. The summed E-state index contributed by atoms with van der Waals surface area (Å²) in [4.78, 5) is 27.1. The van der Waals surface area contributed by atoms with Crippen LogP contribution >= 0.6 is 11.6 Å². The largest absolute Gasteiger partial charge is 0.323 e. The molecule has 0 saturated carbocycles. The summed E-state index contributed by atoms with van der Waals surface area (Å²) in [6.45, 7) is 3.27. The lowest BCUT2D eigenvalue weighted by Crippen LogP contribution is -2.19. The van der Waals surface area contributed by atoms with Crippen LogP contribution < -0.4 is 10.6 Å². The van der Waals surface area contributed by atoms with Crippen molar-refractivity contribution in [3.63, 3.8) is 0 Å². The van der Waals surface area contributed by atoms with E-state index in [1.165, 1.54) is 13.1 Å². The molecule has 6 heteroatoms. The standard InChI is InChI=1S/C15H14ClN3O2/c1-9-6-13(8-17-14(9)16)19-15(21)18-12-5-3-4-11(7-12)10(2)20/h3-8H,1-2H3,(H2,18,19,21). The highest BCUT2D eigenvalue weighted by Gasteiger charge is 2.06. The molecule has 2 rings (SSSR count). The average Bonchev–Trinajstić information content (AvgIpc) is 2.43. The van der Waals surface area contributed by atoms with E-state index in [1.807, 2.05) is 0 Å². The van der Waals surface area contributed by atoms with Gasteiger partial charge in [-0.3, -0.25) is 4.79 Å². The lowest BCUT2D eigenvalue weighted by Gasteiger charge is -2.09. The molecule has 5 nitrogen and oxygen atoms in total. The number of hydrogen-bond donors (Lipinski definition) is 2. The first-order chi connectivity index (χ1) is 9.95. The summed E-state index contributed by atoms with van der Waals surface area (Å²) in [6, 6.07) is 8.03. The van der Waals surface area contributed by atoms with Crippen LogP contribution in [0.4, 0.5) is 16.2 Å². The quantitative estimate of drug-likeness (QED) is 0.667. The van der Waals surface area contributed by atoms with Crippen molar-refractivity contribution >= 4 is 34.8 Å². The maximum Gasteiger partial charge on any atom is 0.323 e. The molecular weight excluding hydrogens is 290 g/mol. The van der Waals surface area contributed by atoms with E-state index >= 15 is 0 Å². The van der Waals surface area contributed by atoms with Crippen molar-refractivity contribution in [1.29, 1.82) is 0 Å². The molecule has 0 aliphatic rings. The van der Waals surface area contributed by atoms with Crippen molar-refractivity contribution in [2.75, 3.05) is 10.6 Å². The van der Waals surface area contributed by atoms with Crippen LogP contribution in [0, 0.1) is 6.92 Å². The van der Waals surface area contributed by atoms with Crippen LogP contribution in [-0.2, 0) is 0 Å². The van der Waals surface area contributed by atoms with Crippen LogP contribution in [0.5, 0.6) is 0 Å². The second kappa shape index (κ2) is 6.37. The molecule has 21 heavy (non-hydrogen) atoms. The number of aromatic nitrogens is 1. The lowest BCUT2D eigenvalue weighted by molar-refractivity contribution is 0.101. The van der Waals surface area contributed by atoms with E-state index < -0.39 is 6.03 Å². The van der Waals surface area contributed by atoms with E-state index in [0.717, 1.165) is 5.56 Å². The van der Waals surface area contributed by atoms with Gasteiger partial charge in [0.2, 0.25) is 0 Å². The van der Waals surface area contributed by atoms with Gasteiger partial charge in [-0.15, -0.1) is 0 Å². The van der Waals surface area contributed by atoms with Gasteiger partial charge in [0.05, 0.1) is 11.9 Å². The van der Waals surface area contributed by atoms with Gasteiger partial charge in [-0.25, -0.2) is 9.78 Å². The van der Waals surface area contributed by atoms with Gasteiger partial charge in [0, 0.05) is 11.3 Å². The van der Waals surface area contributed by atoms with Gasteiger partial charge in [0.15, 0.2) is 5.78 Å². The number of hydrogen-bond acceptors (Lipinski definition) is 3. The topological polar surface area (TPSA) is 71.1 Å². The molecule has 1 heterocycles. The van der Waals surface area contributed by atoms with Crippen LogP contribution in [0.1, 0.15) is 22.8 Å². The first-order valence-corrected chi connectivity index (χ1v) is 6.64. The zero-order chi connectivity index (χ0) is 15.4. The van der Waals surface area contributed by atoms with E-state index in [2.05, 4.69) is 15.6 Å². The highest BCUT2D eigenvalue weighted by atomic mass is 35.5. The predicted octanol–water partition coefficient (Wildman–Crippen LogP) is 3.89. The Morgan fingerprint density at radius 1 is 1.14 bits per heavy atom. The number of aryl methyl sites for hydroxylation is 1. The second-order valence-electron chi connectivity index (χ2n) is 4.55. The Hall–Kier alpha value is -2.40. The minimum absolute atomic E-state index is 0.0587. The highest BCUT2D eigenvalue weighted by Crippen LogP contribution is 2.17. The molecule has 0 fully saturated rings. The molecule has 0 unspecified atom stereocenters. The number of pyridine rings is 1. The number of ketones is 1. The smallest absolute Gasteiger partial charge is 0.308 e. The van der Waals surface area contributed by atoms with Crippen molar-refractivity contribution in [3.05, 3.63) is 52.8 Å². The molecule has 1 aromatic carbocycles. The van der Waals surface area contributed by atoms with Gasteiger partial charge in [0.1, 0.15) is 5.15 Å². The zero-order valence-electron chi connectivity index (χ0n) is 11.6. The fraction of sp³-hybridized carbons (Fsp3) is 0.133. The number of Topliss-reactive ketones (excluding diaryl/α,β-unsaturated/α-hetero) is 1. The minimum atomic E-state index is -0.417. The van der Waals surface area contributed by atoms with Crippen molar-refractivity contribution in [1.82, 2.24) is 4.98 Å². The minimum Gasteiger partial charge on any atom is -0.308 e. The van der Waals surface area contributed by atoms with E-state index in [-0.39, 0.29) is 5.78 Å². The summed E-state index contributed by atoms with van der Waals surface area (Å²) >= 11 is 5.82. The molecule has 0 atom stereocenters. The highest BCUT2D eigenvalue weighted by molar-refractivity contribution is 6.30. The van der Waals surface area contributed by atoms with Crippen molar-refractivity contribution in [2.45, 2.75) is 13.8 Å². The molecule has 0 aliphatic heterocycles. The summed E-state index contributed by atoms with van der Waals surface area (Å²) in [5, 5.41) is 5.71. The maximum absolute atomic E-state index is 11.9. The zero-order valence-corrected chi connectivity index (χ0v) is 12.4. The second-order valence-corrected chi connectivity index (χ2v) is 4.91. The SMILES string of the molecule is CC(=O)c1cccc(NC(=O)Nc2cnc(Cl)c(C)c2)c1. The molecule has 2 amide bonds. The first-order valence-electron chi connectivity index (χ1n) is 6.27. The van der Waals surface area contributed by atoms with Gasteiger partial charge >= 0.3 is 6.03 Å². The fourth-order valence-electron chi connectivity index (χ4n) is 1.74. The summed E-state index contributed by atoms with van der Waals surface area (Å²) in [6.07, 6.45) is 1.47. The number of nitrogens with zero attached hydrogens (tertiary/aromatic N) is 1. The molecule has 108 valence electrons. The number of carbonyl (C=O) groups is 2. The number of carbonyl (C=O) groups excluding carboxylic acids is 2. The number of urea groups is 1. The van der Waals surface area contributed by atoms with Gasteiger partial charge < -0.3 is 10.6 Å². The molecule has 0 radical (unpaired) electrons. The van der Waals surface area contributed by atoms with Gasteiger partial charge in [-0.05, 0) is 37.6 Å². The Bertz CT molecular complexity index is 701. The van der Waals surface area contributed by atoms with Crippen LogP contribution in [0.3, 0.4) is 0 Å². The molecule has 2 aromatic rings. The molecule has 0 aliphatic carbocycles. The monoisotopic (exact) mass is 303 g/mol. The Morgan fingerprint density at radius 2 is 1.86 bits per heavy atom. The van der Waals surface area contributed by atoms with Crippen molar-refractivity contribution in [3.8, 4) is 0 Å². The normalized spacial score (nSPS) is 10.0. The van der Waals surface area contributed by atoms with E-state index in [1.54, 1.807) is 37.3 Å². The summed E-state index contributed by atoms with van der Waals surface area (Å²) in [5.74, 6) is -0.0587. The molecule has 2 N–H and O–H groups in total. The third-order valence-corrected chi connectivity index (χ3v) is 3.19. The fourth-order valence-corrected chi connectivity index (χ4v) is 1.84. The Morgan fingerprint density at radius 3 is 2.52 bits per heavy atom. The summed E-state index contributed by atoms with van der Waals surface area (Å²) in [5.41, 5.74) is 2.39. The number of amides is 2. The van der Waals surface area contributed by atoms with Crippen LogP contribution in [0.25, 0.3) is 0 Å². The predicted molar refractivity (Wildman–Crippen MR) is 83.1 cm³/mol. The van der Waals surface area contributed by atoms with Gasteiger partial charge in [-0.2, -0.15) is 0 Å². The maximum atomic E-state index is 11.9. The first kappa shape index (κ1) is 15.0. The number of anilines is 2. The third-order valence-electron chi connectivity index (χ3n) is 2.80. The molecule has 1 aromatic heterocycles. The Balaban J connectivity index is 2.06. The van der Waals surface area contributed by atoms with Crippen LogP contribution in [0.15, 0.2) is 36.5 Å². The lowest BCUT2D eigenvalue weighted by atomic mass is 10.1. The van der Waals surface area contributed by atoms with Crippen molar-refractivity contribution in [2.24, 2.45) is 0 Å². The van der Waals surface area contributed by atoms with E-state index in [4.69, 9.17) is 11.6 Å². The van der Waals surface area contributed by atoms with Gasteiger partial charge in [-0.1, -0.05) is 23.7 Å².